The fourth-order valence-corrected chi connectivity index (χ4v) is 2.72. The fourth-order valence-electron chi connectivity index (χ4n) is 1.72. The first-order valence-corrected chi connectivity index (χ1v) is 7.81. The lowest BCUT2D eigenvalue weighted by molar-refractivity contribution is 0.102. The molecule has 0 aliphatic heterocycles. The number of rotatable bonds is 6. The zero-order valence-corrected chi connectivity index (χ0v) is 11.6. The minimum absolute atomic E-state index is 0.186. The van der Waals surface area contributed by atoms with E-state index in [2.05, 4.69) is 4.72 Å². The van der Waals surface area contributed by atoms with Gasteiger partial charge in [-0.3, -0.25) is 4.79 Å². The molecule has 2 aromatic carbocycles. The van der Waals surface area contributed by atoms with Gasteiger partial charge in [-0.15, -0.1) is 0 Å². The third kappa shape index (κ3) is 4.29. The number of carbonyl (C=O) groups excluding carboxylic acids is 1. The Balaban J connectivity index is 1.96. The maximum Gasteiger partial charge on any atom is 0.219 e. The average molecular weight is 289 g/mol. The lowest BCUT2D eigenvalue weighted by atomic mass is 10.2. The number of benzene rings is 2. The van der Waals surface area contributed by atoms with E-state index in [1.165, 1.54) is 0 Å². The molecule has 0 saturated carbocycles. The molecule has 2 rings (SSSR count). The van der Waals surface area contributed by atoms with Gasteiger partial charge in [-0.2, -0.15) is 0 Å². The Morgan fingerprint density at radius 2 is 1.45 bits per heavy atom. The van der Waals surface area contributed by atoms with Crippen molar-refractivity contribution in [3.8, 4) is 0 Å². The normalized spacial score (nSPS) is 11.2. The van der Waals surface area contributed by atoms with Gasteiger partial charge >= 0.3 is 0 Å². The maximum atomic E-state index is 11.9. The Hall–Kier alpha value is -1.98. The molecule has 0 unspecified atom stereocenters. The number of ketones is 1. The predicted octanol–water partition coefficient (Wildman–Crippen LogP) is 1.99. The van der Waals surface area contributed by atoms with E-state index in [1.54, 1.807) is 30.3 Å². The van der Waals surface area contributed by atoms with Gasteiger partial charge in [0.25, 0.3) is 0 Å². The van der Waals surface area contributed by atoms with Gasteiger partial charge in [0.2, 0.25) is 10.0 Å². The highest BCUT2D eigenvalue weighted by Crippen LogP contribution is 2.03. The number of hydrogen-bond donors (Lipinski definition) is 1. The topological polar surface area (TPSA) is 63.2 Å². The molecule has 0 aromatic heterocycles. The summed E-state index contributed by atoms with van der Waals surface area (Å²) in [6, 6.07) is 17.6. The number of hydrogen-bond acceptors (Lipinski definition) is 3. The Labute approximate surface area is 118 Å². The highest BCUT2D eigenvalue weighted by atomic mass is 32.2. The van der Waals surface area contributed by atoms with E-state index >= 15 is 0 Å². The van der Waals surface area contributed by atoms with E-state index in [4.69, 9.17) is 0 Å². The monoisotopic (exact) mass is 289 g/mol. The zero-order chi connectivity index (χ0) is 14.4. The fraction of sp³-hybridized carbons (Fsp3) is 0.133. The molecule has 0 amide bonds. The summed E-state index contributed by atoms with van der Waals surface area (Å²) in [6.45, 7) is 0.186. The summed E-state index contributed by atoms with van der Waals surface area (Å²) in [5, 5.41) is 0. The molecule has 0 aliphatic carbocycles. The van der Waals surface area contributed by atoms with Gasteiger partial charge in [0.1, 0.15) is 5.75 Å². The Bertz CT molecular complexity index is 667. The molecule has 2 aromatic rings. The van der Waals surface area contributed by atoms with Crippen molar-refractivity contribution in [3.63, 3.8) is 0 Å². The summed E-state index contributed by atoms with van der Waals surface area (Å²) < 4.78 is 26.1. The number of Topliss-reactive ketones (excluding diaryl/α,β-unsaturated/α-hetero) is 1. The van der Waals surface area contributed by atoms with Gasteiger partial charge in [-0.05, 0) is 5.56 Å². The van der Waals surface area contributed by atoms with Crippen molar-refractivity contribution < 1.29 is 13.2 Å². The summed E-state index contributed by atoms with van der Waals surface area (Å²) in [4.78, 5) is 11.9. The van der Waals surface area contributed by atoms with Gasteiger partial charge in [-0.1, -0.05) is 60.7 Å². The molecule has 0 aliphatic rings. The number of nitrogens with one attached hydrogen (secondary N) is 1. The molecule has 1 N–H and O–H groups in total. The average Bonchev–Trinajstić information content (AvgIpc) is 2.47. The quantitative estimate of drug-likeness (QED) is 0.827. The maximum absolute atomic E-state index is 11.9. The van der Waals surface area contributed by atoms with Crippen LogP contribution in [0.25, 0.3) is 0 Å². The van der Waals surface area contributed by atoms with Crippen molar-refractivity contribution in [2.75, 3.05) is 5.75 Å². The van der Waals surface area contributed by atoms with Gasteiger partial charge in [0, 0.05) is 12.1 Å². The van der Waals surface area contributed by atoms with Crippen molar-refractivity contribution in [3.05, 3.63) is 71.8 Å². The third-order valence-electron chi connectivity index (χ3n) is 2.76. The highest BCUT2D eigenvalue weighted by molar-refractivity contribution is 7.90. The van der Waals surface area contributed by atoms with E-state index in [9.17, 15) is 13.2 Å². The van der Waals surface area contributed by atoms with Crippen LogP contribution in [0.4, 0.5) is 0 Å². The van der Waals surface area contributed by atoms with Crippen molar-refractivity contribution in [1.29, 1.82) is 0 Å². The molecule has 5 heteroatoms. The van der Waals surface area contributed by atoms with Crippen LogP contribution in [-0.2, 0) is 16.6 Å². The summed E-state index contributed by atoms with van der Waals surface area (Å²) in [5.41, 5.74) is 1.25. The zero-order valence-electron chi connectivity index (χ0n) is 10.8. The van der Waals surface area contributed by atoms with Crippen LogP contribution in [-0.4, -0.2) is 20.0 Å². The first-order chi connectivity index (χ1) is 9.57. The van der Waals surface area contributed by atoms with E-state index in [0.717, 1.165) is 5.56 Å². The van der Waals surface area contributed by atoms with Crippen LogP contribution in [0.1, 0.15) is 15.9 Å². The molecule has 0 heterocycles. The van der Waals surface area contributed by atoms with Gasteiger partial charge in [-0.25, -0.2) is 13.1 Å². The summed E-state index contributed by atoms with van der Waals surface area (Å²) >= 11 is 0. The van der Waals surface area contributed by atoms with Crippen LogP contribution in [0.15, 0.2) is 60.7 Å². The highest BCUT2D eigenvalue weighted by Gasteiger charge is 2.17. The van der Waals surface area contributed by atoms with Gasteiger partial charge in [0.05, 0.1) is 0 Å². The van der Waals surface area contributed by atoms with E-state index in [1.807, 2.05) is 30.3 Å². The molecule has 0 saturated heterocycles. The molecule has 0 atom stereocenters. The molecule has 20 heavy (non-hydrogen) atoms. The summed E-state index contributed by atoms with van der Waals surface area (Å²) in [7, 11) is -3.63. The smallest absolute Gasteiger partial charge is 0.219 e. The van der Waals surface area contributed by atoms with Gasteiger partial charge in [0.15, 0.2) is 5.78 Å². The molecular formula is C15H15NO3S. The number of sulfonamides is 1. The molecule has 0 radical (unpaired) electrons. The molecule has 4 nitrogen and oxygen atoms in total. The lowest BCUT2D eigenvalue weighted by Gasteiger charge is -2.06. The molecule has 0 fully saturated rings. The van der Waals surface area contributed by atoms with Crippen molar-refractivity contribution in [1.82, 2.24) is 4.72 Å². The Kier molecular flexibility index (Phi) is 4.65. The van der Waals surface area contributed by atoms with Crippen LogP contribution >= 0.6 is 0 Å². The second-order valence-corrected chi connectivity index (χ2v) is 6.16. The van der Waals surface area contributed by atoms with Crippen LogP contribution < -0.4 is 4.72 Å². The molecule has 104 valence electrons. The van der Waals surface area contributed by atoms with Crippen molar-refractivity contribution in [2.24, 2.45) is 0 Å². The van der Waals surface area contributed by atoms with E-state index in [0.29, 0.717) is 5.56 Å². The predicted molar refractivity (Wildman–Crippen MR) is 77.8 cm³/mol. The first-order valence-electron chi connectivity index (χ1n) is 6.16. The second-order valence-electron chi connectivity index (χ2n) is 4.36. The van der Waals surface area contributed by atoms with Crippen LogP contribution in [0.2, 0.25) is 0 Å². The van der Waals surface area contributed by atoms with E-state index < -0.39 is 21.6 Å². The Morgan fingerprint density at radius 1 is 0.900 bits per heavy atom. The molecular weight excluding hydrogens is 274 g/mol. The molecule has 0 bridgehead atoms. The Morgan fingerprint density at radius 3 is 2.05 bits per heavy atom. The third-order valence-corrected chi connectivity index (χ3v) is 3.98. The second kappa shape index (κ2) is 6.45. The molecule has 0 spiro atoms. The minimum atomic E-state index is -3.63. The van der Waals surface area contributed by atoms with Crippen LogP contribution in [0.3, 0.4) is 0 Å². The largest absolute Gasteiger partial charge is 0.293 e. The number of carbonyl (C=O) groups is 1. The van der Waals surface area contributed by atoms with Crippen LogP contribution in [0.5, 0.6) is 0 Å². The summed E-state index contributed by atoms with van der Waals surface area (Å²) in [6.07, 6.45) is 0. The lowest BCUT2D eigenvalue weighted by Crippen LogP contribution is -2.29. The van der Waals surface area contributed by atoms with Gasteiger partial charge < -0.3 is 0 Å². The summed E-state index contributed by atoms with van der Waals surface area (Å²) in [5.74, 6) is -0.949. The van der Waals surface area contributed by atoms with E-state index in [-0.39, 0.29) is 6.54 Å². The van der Waals surface area contributed by atoms with Crippen molar-refractivity contribution in [2.45, 2.75) is 6.54 Å². The first kappa shape index (κ1) is 14.4. The minimum Gasteiger partial charge on any atom is -0.293 e. The SMILES string of the molecule is O=C(CS(=O)(=O)NCc1ccccc1)c1ccccc1. The van der Waals surface area contributed by atoms with Crippen LogP contribution in [0, 0.1) is 0 Å². The van der Waals surface area contributed by atoms with Crippen molar-refractivity contribution >= 4 is 15.8 Å². The standard InChI is InChI=1S/C15H15NO3S/c17-15(14-9-5-2-6-10-14)12-20(18,19)16-11-13-7-3-1-4-8-13/h1-10,16H,11-12H2.